The Bertz CT molecular complexity index is 791. The third-order valence-corrected chi connectivity index (χ3v) is 4.79. The van der Waals surface area contributed by atoms with Crippen LogP contribution in [0.3, 0.4) is 0 Å². The Labute approximate surface area is 153 Å². The highest BCUT2D eigenvalue weighted by Gasteiger charge is 2.27. The summed E-state index contributed by atoms with van der Waals surface area (Å²) in [5, 5.41) is 13.8. The van der Waals surface area contributed by atoms with Gasteiger partial charge in [-0.05, 0) is 48.9 Å². The second-order valence-corrected chi connectivity index (χ2v) is 7.10. The molecule has 1 aliphatic heterocycles. The van der Waals surface area contributed by atoms with Gasteiger partial charge in [0.1, 0.15) is 5.75 Å². The van der Waals surface area contributed by atoms with Crippen LogP contribution in [0.25, 0.3) is 0 Å². The molecular weight excluding hydrogens is 336 g/mol. The fourth-order valence-corrected chi connectivity index (χ4v) is 3.66. The highest BCUT2D eigenvalue weighted by atomic mass is 35.5. The summed E-state index contributed by atoms with van der Waals surface area (Å²) in [6, 6.07) is 11.5. The Hall–Kier alpha value is -2.04. The Kier molecular flexibility index (Phi) is 5.30. The molecule has 132 valence electrons. The standard InChI is InChI=1S/C20H23ClN2O2/c1-3-5-20(25)22-15-7-4-6-13(8-15)17-11-23(2)12-18-16(17)9-14(21)10-19(18)24/h4,6-10,17,24H,3,5,11-12H2,1-2H3,(H,22,25). The monoisotopic (exact) mass is 358 g/mol. The largest absolute Gasteiger partial charge is 0.508 e. The molecule has 2 N–H and O–H groups in total. The van der Waals surface area contributed by atoms with Crippen molar-refractivity contribution in [3.63, 3.8) is 0 Å². The number of aromatic hydroxyl groups is 1. The molecule has 0 radical (unpaired) electrons. The van der Waals surface area contributed by atoms with Gasteiger partial charge in [0.2, 0.25) is 5.91 Å². The van der Waals surface area contributed by atoms with Gasteiger partial charge in [-0.2, -0.15) is 0 Å². The topological polar surface area (TPSA) is 52.6 Å². The van der Waals surface area contributed by atoms with Crippen LogP contribution in [0, 0.1) is 0 Å². The first-order valence-corrected chi connectivity index (χ1v) is 8.95. The van der Waals surface area contributed by atoms with Crippen LogP contribution < -0.4 is 5.32 Å². The maximum atomic E-state index is 11.9. The Morgan fingerprint density at radius 2 is 2.16 bits per heavy atom. The molecule has 0 bridgehead atoms. The first-order chi connectivity index (χ1) is 12.0. The van der Waals surface area contributed by atoms with Crippen LogP contribution >= 0.6 is 11.6 Å². The van der Waals surface area contributed by atoms with E-state index in [9.17, 15) is 9.90 Å². The van der Waals surface area contributed by atoms with Crippen LogP contribution in [0.2, 0.25) is 5.02 Å². The molecule has 2 aromatic rings. The van der Waals surface area contributed by atoms with Gasteiger partial charge in [0.25, 0.3) is 0 Å². The second-order valence-electron chi connectivity index (χ2n) is 6.67. The first kappa shape index (κ1) is 17.8. The fraction of sp³-hybridized carbons (Fsp3) is 0.350. The highest BCUT2D eigenvalue weighted by Crippen LogP contribution is 2.39. The molecule has 0 saturated heterocycles. The number of nitrogens with one attached hydrogen (secondary N) is 1. The van der Waals surface area contributed by atoms with E-state index in [0.29, 0.717) is 18.0 Å². The van der Waals surface area contributed by atoms with Crippen molar-refractivity contribution < 1.29 is 9.90 Å². The van der Waals surface area contributed by atoms with Crippen LogP contribution in [0.15, 0.2) is 36.4 Å². The summed E-state index contributed by atoms with van der Waals surface area (Å²) in [7, 11) is 2.04. The van der Waals surface area contributed by atoms with Gasteiger partial charge in [0, 0.05) is 41.7 Å². The molecule has 25 heavy (non-hydrogen) atoms. The van der Waals surface area contributed by atoms with Gasteiger partial charge in [-0.3, -0.25) is 4.79 Å². The van der Waals surface area contributed by atoms with Crippen molar-refractivity contribution >= 4 is 23.2 Å². The molecule has 2 aromatic carbocycles. The van der Waals surface area contributed by atoms with Gasteiger partial charge >= 0.3 is 0 Å². The van der Waals surface area contributed by atoms with Gasteiger partial charge in [-0.15, -0.1) is 0 Å². The molecular formula is C20H23ClN2O2. The minimum atomic E-state index is 0.0292. The van der Waals surface area contributed by atoms with E-state index in [4.69, 9.17) is 11.6 Å². The molecule has 0 saturated carbocycles. The number of hydrogen-bond acceptors (Lipinski definition) is 3. The zero-order chi connectivity index (χ0) is 18.0. The molecule has 1 aliphatic rings. The Morgan fingerprint density at radius 3 is 2.92 bits per heavy atom. The molecule has 0 aromatic heterocycles. The average Bonchev–Trinajstić information content (AvgIpc) is 2.55. The van der Waals surface area contributed by atoms with Crippen LogP contribution in [0.4, 0.5) is 5.69 Å². The number of carbonyl (C=O) groups is 1. The molecule has 1 atom stereocenters. The molecule has 1 heterocycles. The second kappa shape index (κ2) is 7.46. The number of hydrogen-bond donors (Lipinski definition) is 2. The molecule has 0 aliphatic carbocycles. The van der Waals surface area contributed by atoms with E-state index in [1.54, 1.807) is 6.07 Å². The van der Waals surface area contributed by atoms with Crippen LogP contribution in [-0.2, 0) is 11.3 Å². The summed E-state index contributed by atoms with van der Waals surface area (Å²) >= 11 is 6.18. The number of nitrogens with zero attached hydrogens (tertiary/aromatic N) is 1. The summed E-state index contributed by atoms with van der Waals surface area (Å²) in [5.41, 5.74) is 3.88. The lowest BCUT2D eigenvalue weighted by Crippen LogP contribution is -2.31. The van der Waals surface area contributed by atoms with E-state index in [1.807, 2.05) is 38.2 Å². The van der Waals surface area contributed by atoms with Crippen LogP contribution in [-0.4, -0.2) is 29.5 Å². The lowest BCUT2D eigenvalue weighted by atomic mass is 9.84. The molecule has 0 fully saturated rings. The van der Waals surface area contributed by atoms with Crippen LogP contribution in [0.5, 0.6) is 5.75 Å². The summed E-state index contributed by atoms with van der Waals surface area (Å²) in [6.07, 6.45) is 1.34. The van der Waals surface area contributed by atoms with E-state index >= 15 is 0 Å². The van der Waals surface area contributed by atoms with E-state index < -0.39 is 0 Å². The number of rotatable bonds is 4. The average molecular weight is 359 g/mol. The van der Waals surface area contributed by atoms with E-state index in [-0.39, 0.29) is 17.6 Å². The van der Waals surface area contributed by atoms with Gasteiger partial charge in [0.05, 0.1) is 0 Å². The number of halogens is 1. The maximum absolute atomic E-state index is 11.9. The number of benzene rings is 2. The quantitative estimate of drug-likeness (QED) is 0.853. The van der Waals surface area contributed by atoms with E-state index in [2.05, 4.69) is 16.3 Å². The molecule has 1 unspecified atom stereocenters. The van der Waals surface area contributed by atoms with Gasteiger partial charge < -0.3 is 15.3 Å². The number of amides is 1. The number of phenols is 1. The summed E-state index contributed by atoms with van der Waals surface area (Å²) in [4.78, 5) is 14.1. The molecule has 0 spiro atoms. The SMILES string of the molecule is CCCC(=O)Nc1cccc(C2CN(C)Cc3c(O)cc(Cl)cc32)c1. The van der Waals surface area contributed by atoms with Crippen molar-refractivity contribution in [3.05, 3.63) is 58.1 Å². The van der Waals surface area contributed by atoms with E-state index in [1.165, 1.54) is 0 Å². The zero-order valence-electron chi connectivity index (χ0n) is 14.6. The van der Waals surface area contributed by atoms with Gasteiger partial charge in [-0.1, -0.05) is 30.7 Å². The minimum Gasteiger partial charge on any atom is -0.508 e. The molecule has 1 amide bonds. The zero-order valence-corrected chi connectivity index (χ0v) is 15.3. The lowest BCUT2D eigenvalue weighted by molar-refractivity contribution is -0.116. The van der Waals surface area contributed by atoms with Crippen molar-refractivity contribution in [2.24, 2.45) is 0 Å². The first-order valence-electron chi connectivity index (χ1n) is 8.57. The molecule has 3 rings (SSSR count). The number of likely N-dealkylation sites (N-methyl/N-ethyl adjacent to an activating group) is 1. The Balaban J connectivity index is 1.96. The Morgan fingerprint density at radius 1 is 1.36 bits per heavy atom. The summed E-state index contributed by atoms with van der Waals surface area (Å²) < 4.78 is 0. The predicted octanol–water partition coefficient (Wildman–Crippen LogP) is 4.36. The smallest absolute Gasteiger partial charge is 0.224 e. The summed E-state index contributed by atoms with van der Waals surface area (Å²) in [6.45, 7) is 3.52. The third kappa shape index (κ3) is 3.97. The molecule has 4 nitrogen and oxygen atoms in total. The van der Waals surface area contributed by atoms with Crippen LogP contribution in [0.1, 0.15) is 42.4 Å². The van der Waals surface area contributed by atoms with Crippen molar-refractivity contribution in [1.29, 1.82) is 0 Å². The highest BCUT2D eigenvalue weighted by molar-refractivity contribution is 6.30. The normalized spacial score (nSPS) is 17.2. The predicted molar refractivity (Wildman–Crippen MR) is 101 cm³/mol. The minimum absolute atomic E-state index is 0.0292. The van der Waals surface area contributed by atoms with Crippen molar-refractivity contribution in [2.45, 2.75) is 32.2 Å². The van der Waals surface area contributed by atoms with Crippen molar-refractivity contribution in [3.8, 4) is 5.75 Å². The van der Waals surface area contributed by atoms with Crippen molar-refractivity contribution in [2.75, 3.05) is 18.9 Å². The van der Waals surface area contributed by atoms with Gasteiger partial charge in [-0.25, -0.2) is 0 Å². The number of fused-ring (bicyclic) bond motifs is 1. The number of anilines is 1. The summed E-state index contributed by atoms with van der Waals surface area (Å²) in [5.74, 6) is 0.370. The number of carbonyl (C=O) groups excluding carboxylic acids is 1. The molecule has 5 heteroatoms. The van der Waals surface area contributed by atoms with Crippen molar-refractivity contribution in [1.82, 2.24) is 4.90 Å². The lowest BCUT2D eigenvalue weighted by Gasteiger charge is -2.33. The van der Waals surface area contributed by atoms with Gasteiger partial charge in [0.15, 0.2) is 0 Å². The third-order valence-electron chi connectivity index (χ3n) is 4.57. The van der Waals surface area contributed by atoms with E-state index in [0.717, 1.165) is 35.3 Å². The maximum Gasteiger partial charge on any atom is 0.224 e. The fourth-order valence-electron chi connectivity index (χ4n) is 3.44. The number of phenolic OH excluding ortho intramolecular Hbond substituents is 1.